The standard InChI is InChI=1S/C6H6Br2N2O3S/c1-2-14(12,13)10-6(11)5(8)4(7)3-9-10/h3H,2H2,1H3. The van der Waals surface area contributed by atoms with Gasteiger partial charge in [-0.2, -0.15) is 5.10 Å². The zero-order chi connectivity index (χ0) is 10.9. The maximum absolute atomic E-state index is 11.4. The largest absolute Gasteiger partial charge is 0.296 e. The van der Waals surface area contributed by atoms with Crippen molar-refractivity contribution < 1.29 is 8.42 Å². The van der Waals surface area contributed by atoms with E-state index in [1.54, 1.807) is 0 Å². The maximum Gasteiger partial charge on any atom is 0.296 e. The lowest BCUT2D eigenvalue weighted by Gasteiger charge is -2.03. The van der Waals surface area contributed by atoms with E-state index >= 15 is 0 Å². The Kier molecular flexibility index (Phi) is 3.49. The van der Waals surface area contributed by atoms with Crippen LogP contribution >= 0.6 is 31.9 Å². The van der Waals surface area contributed by atoms with Gasteiger partial charge in [-0.3, -0.25) is 4.79 Å². The number of nitrogens with zero attached hydrogens (tertiary/aromatic N) is 2. The second-order valence-corrected chi connectivity index (χ2v) is 6.09. The third-order valence-electron chi connectivity index (χ3n) is 1.48. The van der Waals surface area contributed by atoms with Crippen molar-refractivity contribution >= 4 is 41.9 Å². The topological polar surface area (TPSA) is 69.0 Å². The Balaban J connectivity index is 3.56. The van der Waals surface area contributed by atoms with E-state index in [9.17, 15) is 13.2 Å². The number of hydrogen-bond donors (Lipinski definition) is 0. The van der Waals surface area contributed by atoms with E-state index in [-0.39, 0.29) is 10.2 Å². The van der Waals surface area contributed by atoms with Gasteiger partial charge in [-0.25, -0.2) is 8.42 Å². The van der Waals surface area contributed by atoms with Crippen molar-refractivity contribution in [2.24, 2.45) is 0 Å². The van der Waals surface area contributed by atoms with Crippen LogP contribution in [0.1, 0.15) is 6.92 Å². The Labute approximate surface area is 97.4 Å². The molecule has 14 heavy (non-hydrogen) atoms. The minimum atomic E-state index is -3.63. The Morgan fingerprint density at radius 2 is 2.07 bits per heavy atom. The van der Waals surface area contributed by atoms with Gasteiger partial charge in [0, 0.05) is 0 Å². The zero-order valence-corrected chi connectivity index (χ0v) is 11.1. The molecule has 0 fully saturated rings. The van der Waals surface area contributed by atoms with Gasteiger partial charge in [-0.15, -0.1) is 4.09 Å². The quantitative estimate of drug-likeness (QED) is 0.800. The van der Waals surface area contributed by atoms with Crippen LogP contribution in [0.3, 0.4) is 0 Å². The fourth-order valence-electron chi connectivity index (χ4n) is 0.719. The third kappa shape index (κ3) is 2.06. The molecular formula is C6H6Br2N2O3S. The van der Waals surface area contributed by atoms with Crippen LogP contribution in [0.4, 0.5) is 0 Å². The molecule has 5 nitrogen and oxygen atoms in total. The maximum atomic E-state index is 11.4. The fourth-order valence-corrected chi connectivity index (χ4v) is 2.15. The van der Waals surface area contributed by atoms with E-state index < -0.39 is 15.6 Å². The molecule has 0 aliphatic heterocycles. The van der Waals surface area contributed by atoms with E-state index in [0.717, 1.165) is 0 Å². The minimum absolute atomic E-state index is 0.143. The number of hydrogen-bond acceptors (Lipinski definition) is 4. The lowest BCUT2D eigenvalue weighted by molar-refractivity contribution is 0.576. The van der Waals surface area contributed by atoms with Gasteiger partial charge in [-0.1, -0.05) is 0 Å². The average molecular weight is 346 g/mol. The molecule has 0 atom stereocenters. The van der Waals surface area contributed by atoms with E-state index in [1.807, 2.05) is 0 Å². The molecular weight excluding hydrogens is 340 g/mol. The molecule has 0 unspecified atom stereocenters. The van der Waals surface area contributed by atoms with E-state index in [2.05, 4.69) is 37.0 Å². The first kappa shape index (κ1) is 11.9. The van der Waals surface area contributed by atoms with Gasteiger partial charge in [0.15, 0.2) is 0 Å². The summed E-state index contributed by atoms with van der Waals surface area (Å²) in [6.07, 6.45) is 1.25. The van der Waals surface area contributed by atoms with Crippen molar-refractivity contribution in [3.63, 3.8) is 0 Å². The van der Waals surface area contributed by atoms with E-state index in [1.165, 1.54) is 13.1 Å². The number of halogens is 2. The molecule has 0 aliphatic carbocycles. The SMILES string of the molecule is CCS(=O)(=O)n1ncc(Br)c(Br)c1=O. The first-order chi connectivity index (χ1) is 6.40. The summed E-state index contributed by atoms with van der Waals surface area (Å²) in [5.74, 6) is -0.173. The molecule has 0 aliphatic rings. The summed E-state index contributed by atoms with van der Waals surface area (Å²) in [5, 5.41) is 3.52. The molecule has 0 saturated heterocycles. The van der Waals surface area contributed by atoms with E-state index in [4.69, 9.17) is 0 Å². The minimum Gasteiger partial charge on any atom is -0.265 e. The summed E-state index contributed by atoms with van der Waals surface area (Å²) in [7, 11) is -3.63. The van der Waals surface area contributed by atoms with Crippen LogP contribution in [0.5, 0.6) is 0 Å². The second-order valence-electron chi connectivity index (χ2n) is 2.36. The molecule has 1 aromatic rings. The van der Waals surface area contributed by atoms with Crippen LogP contribution in [0.25, 0.3) is 0 Å². The third-order valence-corrected chi connectivity index (χ3v) is 4.89. The van der Waals surface area contributed by atoms with Gasteiger partial charge in [0.2, 0.25) is 0 Å². The Hall–Kier alpha value is -0.210. The summed E-state index contributed by atoms with van der Waals surface area (Å²) in [6, 6.07) is 0. The fraction of sp³-hybridized carbons (Fsp3) is 0.333. The first-order valence-corrected chi connectivity index (χ1v) is 6.76. The molecule has 1 aromatic heterocycles. The van der Waals surface area contributed by atoms with Crippen molar-refractivity contribution in [1.82, 2.24) is 9.19 Å². The molecule has 0 N–H and O–H groups in total. The summed E-state index contributed by atoms with van der Waals surface area (Å²) in [4.78, 5) is 11.4. The molecule has 0 aromatic carbocycles. The molecule has 8 heteroatoms. The van der Waals surface area contributed by atoms with Gasteiger partial charge in [0.05, 0.1) is 16.4 Å². The van der Waals surface area contributed by atoms with Crippen molar-refractivity contribution in [3.8, 4) is 0 Å². The predicted molar refractivity (Wildman–Crippen MR) is 58.8 cm³/mol. The predicted octanol–water partition coefficient (Wildman–Crippen LogP) is 0.966. The second kappa shape index (κ2) is 4.11. The van der Waals surface area contributed by atoms with Gasteiger partial charge in [-0.05, 0) is 38.8 Å². The highest BCUT2D eigenvalue weighted by Gasteiger charge is 2.16. The monoisotopic (exact) mass is 344 g/mol. The lowest BCUT2D eigenvalue weighted by atomic mass is 10.6. The van der Waals surface area contributed by atoms with Gasteiger partial charge in [0.1, 0.15) is 4.47 Å². The molecule has 1 heterocycles. The Morgan fingerprint density at radius 3 is 2.57 bits per heavy atom. The highest BCUT2D eigenvalue weighted by Crippen LogP contribution is 2.16. The summed E-state index contributed by atoms with van der Waals surface area (Å²) >= 11 is 6.02. The average Bonchev–Trinajstić information content (AvgIpc) is 2.14. The summed E-state index contributed by atoms with van der Waals surface area (Å²) in [5.41, 5.74) is -0.693. The molecule has 1 rings (SSSR count). The molecule has 78 valence electrons. The zero-order valence-electron chi connectivity index (χ0n) is 7.07. The summed E-state index contributed by atoms with van der Waals surface area (Å²) < 4.78 is 23.7. The number of aromatic nitrogens is 2. The van der Waals surface area contributed by atoms with Crippen molar-refractivity contribution in [3.05, 3.63) is 25.5 Å². The summed E-state index contributed by atoms with van der Waals surface area (Å²) in [6.45, 7) is 1.44. The van der Waals surface area contributed by atoms with Crippen molar-refractivity contribution in [2.45, 2.75) is 6.92 Å². The van der Waals surface area contributed by atoms with Crippen molar-refractivity contribution in [2.75, 3.05) is 5.75 Å². The van der Waals surface area contributed by atoms with Crippen LogP contribution < -0.4 is 5.56 Å². The van der Waals surface area contributed by atoms with Crippen LogP contribution in [0.15, 0.2) is 19.9 Å². The van der Waals surface area contributed by atoms with Crippen molar-refractivity contribution in [1.29, 1.82) is 0 Å². The normalized spacial score (nSPS) is 11.6. The molecule has 0 radical (unpaired) electrons. The van der Waals surface area contributed by atoms with Crippen LogP contribution in [-0.2, 0) is 10.0 Å². The highest BCUT2D eigenvalue weighted by molar-refractivity contribution is 9.13. The van der Waals surface area contributed by atoms with Gasteiger partial charge >= 0.3 is 0 Å². The Morgan fingerprint density at radius 1 is 1.50 bits per heavy atom. The molecule has 0 saturated carbocycles. The molecule has 0 amide bonds. The van der Waals surface area contributed by atoms with E-state index in [0.29, 0.717) is 8.56 Å². The Bertz CT molecular complexity index is 508. The smallest absolute Gasteiger partial charge is 0.265 e. The number of rotatable bonds is 2. The van der Waals surface area contributed by atoms with Crippen LogP contribution in [0.2, 0.25) is 0 Å². The van der Waals surface area contributed by atoms with Gasteiger partial charge in [0.25, 0.3) is 15.6 Å². The first-order valence-electron chi connectivity index (χ1n) is 3.56. The molecule has 0 bridgehead atoms. The lowest BCUT2D eigenvalue weighted by Crippen LogP contribution is -2.31. The van der Waals surface area contributed by atoms with Crippen LogP contribution in [0, 0.1) is 0 Å². The highest BCUT2D eigenvalue weighted by atomic mass is 79.9. The molecule has 0 spiro atoms. The van der Waals surface area contributed by atoms with Crippen LogP contribution in [-0.4, -0.2) is 23.4 Å². The van der Waals surface area contributed by atoms with Gasteiger partial charge < -0.3 is 0 Å².